The van der Waals surface area contributed by atoms with Crippen molar-refractivity contribution in [1.29, 1.82) is 0 Å². The lowest BCUT2D eigenvalue weighted by Gasteiger charge is -2.27. The molecule has 160 valence electrons. The number of thiophene rings is 1. The van der Waals surface area contributed by atoms with Gasteiger partial charge in [0.15, 0.2) is 5.82 Å². The van der Waals surface area contributed by atoms with E-state index in [4.69, 9.17) is 4.52 Å². The molecule has 5 rings (SSSR count). The maximum absolute atomic E-state index is 13.1. The van der Waals surface area contributed by atoms with Gasteiger partial charge in [-0.15, -0.1) is 11.3 Å². The monoisotopic (exact) mass is 429 g/mol. The van der Waals surface area contributed by atoms with Crippen LogP contribution in [0.3, 0.4) is 0 Å². The molecule has 0 bridgehead atoms. The maximum atomic E-state index is 13.1. The van der Waals surface area contributed by atoms with Crippen molar-refractivity contribution < 1.29 is 19.2 Å². The molecule has 0 aromatic carbocycles. The summed E-state index contributed by atoms with van der Waals surface area (Å²) in [5, 5.41) is 17.6. The first kappa shape index (κ1) is 19.7. The third kappa shape index (κ3) is 3.77. The first-order valence-electron chi connectivity index (χ1n) is 11.1. The molecule has 0 unspecified atom stereocenters. The minimum absolute atomic E-state index is 0.193. The molecule has 2 atom stereocenters. The molecule has 0 radical (unpaired) electrons. The average Bonchev–Trinajstić information content (AvgIpc) is 3.45. The number of aryl methyl sites for hydroxylation is 1. The first-order valence-corrected chi connectivity index (χ1v) is 12.0. The number of amides is 1. The smallest absolute Gasteiger partial charge is 0.307 e. The fourth-order valence-corrected chi connectivity index (χ4v) is 6.13. The van der Waals surface area contributed by atoms with Crippen LogP contribution in [0.2, 0.25) is 0 Å². The summed E-state index contributed by atoms with van der Waals surface area (Å²) in [5.41, 5.74) is 2.09. The number of aromatic nitrogens is 2. The van der Waals surface area contributed by atoms with Crippen LogP contribution in [0.25, 0.3) is 11.5 Å². The molecule has 0 aliphatic heterocycles. The van der Waals surface area contributed by atoms with Crippen LogP contribution in [0, 0.1) is 11.8 Å². The molecule has 1 amide bonds. The molecule has 30 heavy (non-hydrogen) atoms. The van der Waals surface area contributed by atoms with Crippen molar-refractivity contribution in [2.24, 2.45) is 11.8 Å². The number of nitrogens with one attached hydrogen (secondary N) is 1. The SMILES string of the molecule is O=C(Nc1sc2c(c1-c1nc(C3CC3)no1)CCCCC2)[C@H]1CCCC[C@H]1C(=O)O. The van der Waals surface area contributed by atoms with E-state index in [1.165, 1.54) is 16.9 Å². The Morgan fingerprint density at radius 3 is 2.53 bits per heavy atom. The number of rotatable bonds is 5. The minimum atomic E-state index is -0.872. The highest BCUT2D eigenvalue weighted by Crippen LogP contribution is 2.45. The van der Waals surface area contributed by atoms with E-state index >= 15 is 0 Å². The fraction of sp³-hybridized carbons (Fsp3) is 0.636. The van der Waals surface area contributed by atoms with Crippen LogP contribution in [-0.4, -0.2) is 27.1 Å². The lowest BCUT2D eigenvalue weighted by Crippen LogP contribution is -2.36. The highest BCUT2D eigenvalue weighted by atomic mass is 32.1. The third-order valence-corrected chi connectivity index (χ3v) is 7.88. The molecule has 2 saturated carbocycles. The Morgan fingerprint density at radius 2 is 1.77 bits per heavy atom. The zero-order chi connectivity index (χ0) is 20.7. The number of carboxylic acid groups (broad SMARTS) is 1. The van der Waals surface area contributed by atoms with Gasteiger partial charge in [-0.2, -0.15) is 4.98 Å². The number of hydrogen-bond acceptors (Lipinski definition) is 6. The molecular weight excluding hydrogens is 402 g/mol. The molecule has 0 saturated heterocycles. The largest absolute Gasteiger partial charge is 0.481 e. The number of nitrogens with zero attached hydrogens (tertiary/aromatic N) is 2. The molecule has 0 spiro atoms. The van der Waals surface area contributed by atoms with E-state index in [2.05, 4.69) is 15.5 Å². The fourth-order valence-electron chi connectivity index (χ4n) is 4.85. The summed E-state index contributed by atoms with van der Waals surface area (Å²) >= 11 is 1.60. The Hall–Kier alpha value is -2.22. The second kappa shape index (κ2) is 8.13. The van der Waals surface area contributed by atoms with Crippen LogP contribution in [0.4, 0.5) is 5.00 Å². The van der Waals surface area contributed by atoms with Crippen LogP contribution in [0.15, 0.2) is 4.52 Å². The Labute approximate surface area is 179 Å². The van der Waals surface area contributed by atoms with E-state index in [-0.39, 0.29) is 5.91 Å². The van der Waals surface area contributed by atoms with Crippen LogP contribution in [-0.2, 0) is 22.4 Å². The zero-order valence-corrected chi connectivity index (χ0v) is 17.8. The topological polar surface area (TPSA) is 105 Å². The van der Waals surface area contributed by atoms with E-state index in [1.54, 1.807) is 11.3 Å². The van der Waals surface area contributed by atoms with Gasteiger partial charge in [0.2, 0.25) is 5.91 Å². The van der Waals surface area contributed by atoms with Gasteiger partial charge in [0.05, 0.1) is 17.4 Å². The quantitative estimate of drug-likeness (QED) is 0.663. The van der Waals surface area contributed by atoms with E-state index in [9.17, 15) is 14.7 Å². The summed E-state index contributed by atoms with van der Waals surface area (Å²) < 4.78 is 5.64. The molecule has 2 fully saturated rings. The van der Waals surface area contributed by atoms with Crippen molar-refractivity contribution in [3.05, 3.63) is 16.3 Å². The summed E-state index contributed by atoms with van der Waals surface area (Å²) in [6, 6.07) is 0. The van der Waals surface area contributed by atoms with Crippen molar-refractivity contribution in [3.63, 3.8) is 0 Å². The number of carbonyl (C=O) groups excluding carboxylic acids is 1. The van der Waals surface area contributed by atoms with E-state index in [0.29, 0.717) is 24.7 Å². The Morgan fingerprint density at radius 1 is 1.00 bits per heavy atom. The van der Waals surface area contributed by atoms with Gasteiger partial charge in [-0.25, -0.2) is 0 Å². The molecule has 2 aromatic heterocycles. The van der Waals surface area contributed by atoms with Crippen molar-refractivity contribution in [3.8, 4) is 11.5 Å². The Kier molecular flexibility index (Phi) is 5.35. The Balaban J connectivity index is 1.47. The van der Waals surface area contributed by atoms with Gasteiger partial charge in [0, 0.05) is 10.8 Å². The highest BCUT2D eigenvalue weighted by Gasteiger charge is 2.37. The summed E-state index contributed by atoms with van der Waals surface area (Å²) in [4.78, 5) is 30.7. The Bertz CT molecular complexity index is 962. The van der Waals surface area contributed by atoms with Crippen molar-refractivity contribution in [1.82, 2.24) is 10.1 Å². The maximum Gasteiger partial charge on any atom is 0.307 e. The summed E-state index contributed by atoms with van der Waals surface area (Å²) in [7, 11) is 0. The van der Waals surface area contributed by atoms with Gasteiger partial charge in [-0.1, -0.05) is 24.4 Å². The van der Waals surface area contributed by atoms with E-state index < -0.39 is 17.8 Å². The number of hydrogen-bond donors (Lipinski definition) is 2. The van der Waals surface area contributed by atoms with Gasteiger partial charge in [0.1, 0.15) is 5.00 Å². The third-order valence-electron chi connectivity index (χ3n) is 6.68. The summed E-state index contributed by atoms with van der Waals surface area (Å²) in [6.45, 7) is 0. The predicted octanol–water partition coefficient (Wildman–Crippen LogP) is 4.77. The normalized spacial score (nSPS) is 24.1. The van der Waals surface area contributed by atoms with E-state index in [0.717, 1.165) is 67.8 Å². The number of carboxylic acids is 1. The molecule has 2 N–H and O–H groups in total. The van der Waals surface area contributed by atoms with Crippen molar-refractivity contribution in [2.75, 3.05) is 5.32 Å². The predicted molar refractivity (Wildman–Crippen MR) is 113 cm³/mol. The van der Waals surface area contributed by atoms with Gasteiger partial charge < -0.3 is 14.9 Å². The molecular formula is C22H27N3O4S. The summed E-state index contributed by atoms with van der Waals surface area (Å²) in [5.74, 6) is -0.513. The van der Waals surface area contributed by atoms with Gasteiger partial charge in [-0.05, 0) is 56.9 Å². The lowest BCUT2D eigenvalue weighted by atomic mass is 9.79. The van der Waals surface area contributed by atoms with Crippen LogP contribution in [0.5, 0.6) is 0 Å². The molecule has 7 nitrogen and oxygen atoms in total. The van der Waals surface area contributed by atoms with Crippen molar-refractivity contribution >= 4 is 28.2 Å². The second-order valence-corrected chi connectivity index (χ2v) is 9.93. The molecule has 2 heterocycles. The minimum Gasteiger partial charge on any atom is -0.481 e. The number of anilines is 1. The zero-order valence-electron chi connectivity index (χ0n) is 17.0. The highest BCUT2D eigenvalue weighted by molar-refractivity contribution is 7.17. The lowest BCUT2D eigenvalue weighted by molar-refractivity contribution is -0.147. The van der Waals surface area contributed by atoms with E-state index in [1.807, 2.05) is 0 Å². The standard InChI is InChI=1S/C22H27N3O4S/c26-19(13-6-4-5-7-14(13)22(27)28)24-21-17(15-8-2-1-3-9-16(15)30-21)20-23-18(25-29-20)12-10-11-12/h12-14H,1-11H2,(H,24,26)(H,27,28)/t13-,14+/m0/s1. The van der Waals surface area contributed by atoms with Gasteiger partial charge in [0.25, 0.3) is 5.89 Å². The van der Waals surface area contributed by atoms with Crippen LogP contribution < -0.4 is 5.32 Å². The number of carbonyl (C=O) groups is 2. The van der Waals surface area contributed by atoms with Crippen LogP contribution in [0.1, 0.15) is 80.0 Å². The first-order chi connectivity index (χ1) is 14.6. The van der Waals surface area contributed by atoms with Gasteiger partial charge in [-0.3, -0.25) is 9.59 Å². The summed E-state index contributed by atoms with van der Waals surface area (Å²) in [6.07, 6.45) is 10.5. The van der Waals surface area contributed by atoms with Gasteiger partial charge >= 0.3 is 5.97 Å². The second-order valence-electron chi connectivity index (χ2n) is 8.83. The molecule has 3 aliphatic carbocycles. The number of aliphatic carboxylic acids is 1. The average molecular weight is 430 g/mol. The molecule has 8 heteroatoms. The van der Waals surface area contributed by atoms with Crippen LogP contribution >= 0.6 is 11.3 Å². The van der Waals surface area contributed by atoms with Crippen molar-refractivity contribution in [2.45, 2.75) is 76.5 Å². The molecule has 2 aromatic rings. The number of fused-ring (bicyclic) bond motifs is 1. The molecule has 3 aliphatic rings.